The standard InChI is InChI=1S/C26H25F3N4O3/c1-24(2,33-23(34)36-15-18-6-4-3-5-7-18)20-12-21(19-10-8-17(14-30)9-11-19)32-22(13-20)25(35,16-31)26(27,28)29/h3-13,35H,15-16,31H2,1-2H3,(H,33,34). The van der Waals surface area contributed by atoms with Crippen LogP contribution in [0.2, 0.25) is 0 Å². The van der Waals surface area contributed by atoms with E-state index in [2.05, 4.69) is 10.3 Å². The van der Waals surface area contributed by atoms with Gasteiger partial charge in [0, 0.05) is 12.1 Å². The van der Waals surface area contributed by atoms with Gasteiger partial charge in [0.15, 0.2) is 0 Å². The Morgan fingerprint density at radius 1 is 1.11 bits per heavy atom. The monoisotopic (exact) mass is 498 g/mol. The SMILES string of the molecule is CC(C)(NC(=O)OCc1ccccc1)c1cc(-c2ccc(C#N)cc2)nc(C(O)(CN)C(F)(F)F)c1. The largest absolute Gasteiger partial charge is 0.445 e. The molecule has 0 saturated carbocycles. The van der Waals surface area contributed by atoms with Crippen LogP contribution in [0.4, 0.5) is 18.0 Å². The van der Waals surface area contributed by atoms with Gasteiger partial charge in [-0.1, -0.05) is 42.5 Å². The second-order valence-corrected chi connectivity index (χ2v) is 8.69. The zero-order valence-corrected chi connectivity index (χ0v) is 19.6. The number of amides is 1. The predicted molar refractivity (Wildman–Crippen MR) is 126 cm³/mol. The number of hydrogen-bond acceptors (Lipinski definition) is 6. The molecule has 0 bridgehead atoms. The number of pyridine rings is 1. The molecule has 10 heteroatoms. The number of ether oxygens (including phenoxy) is 1. The Kier molecular flexibility index (Phi) is 7.67. The van der Waals surface area contributed by atoms with E-state index in [0.717, 1.165) is 11.6 Å². The molecule has 1 heterocycles. The predicted octanol–water partition coefficient (Wildman–Crippen LogP) is 4.49. The number of rotatable bonds is 7. The Morgan fingerprint density at radius 2 is 1.75 bits per heavy atom. The number of carbonyl (C=O) groups is 1. The van der Waals surface area contributed by atoms with Crippen LogP contribution in [0.3, 0.4) is 0 Å². The summed E-state index contributed by atoms with van der Waals surface area (Å²) in [6.07, 6.45) is -5.89. The van der Waals surface area contributed by atoms with Gasteiger partial charge in [0.2, 0.25) is 5.60 Å². The smallest absolute Gasteiger partial charge is 0.424 e. The lowest BCUT2D eigenvalue weighted by Crippen LogP contribution is -2.49. The van der Waals surface area contributed by atoms with E-state index in [4.69, 9.17) is 15.7 Å². The van der Waals surface area contributed by atoms with Crippen LogP contribution in [0.1, 0.15) is 36.2 Å². The Bertz CT molecular complexity index is 1260. The van der Waals surface area contributed by atoms with E-state index in [1.807, 2.05) is 12.1 Å². The number of nitriles is 1. The van der Waals surface area contributed by atoms with Gasteiger partial charge < -0.3 is 20.9 Å². The van der Waals surface area contributed by atoms with Gasteiger partial charge in [0.05, 0.1) is 28.6 Å². The average Bonchev–Trinajstić information content (AvgIpc) is 2.86. The topological polar surface area (TPSA) is 121 Å². The first kappa shape index (κ1) is 26.7. The number of alkyl carbamates (subject to hydrolysis) is 1. The molecule has 1 unspecified atom stereocenters. The normalized spacial score (nSPS) is 13.4. The third-order valence-corrected chi connectivity index (χ3v) is 5.67. The molecule has 0 saturated heterocycles. The lowest BCUT2D eigenvalue weighted by atomic mass is 9.89. The van der Waals surface area contributed by atoms with Gasteiger partial charge in [-0.3, -0.25) is 0 Å². The summed E-state index contributed by atoms with van der Waals surface area (Å²) >= 11 is 0. The number of nitrogens with one attached hydrogen (secondary N) is 1. The van der Waals surface area contributed by atoms with Crippen LogP contribution in [0, 0.1) is 11.3 Å². The van der Waals surface area contributed by atoms with Gasteiger partial charge in [0.1, 0.15) is 6.61 Å². The fraction of sp³-hybridized carbons (Fsp3) is 0.269. The molecule has 0 aliphatic heterocycles. The lowest BCUT2D eigenvalue weighted by molar-refractivity contribution is -0.263. The van der Waals surface area contributed by atoms with Crippen molar-refractivity contribution in [2.75, 3.05) is 6.54 Å². The highest BCUT2D eigenvalue weighted by atomic mass is 19.4. The first-order chi connectivity index (χ1) is 16.9. The van der Waals surface area contributed by atoms with E-state index in [0.29, 0.717) is 11.1 Å². The van der Waals surface area contributed by atoms with E-state index < -0.39 is 35.6 Å². The molecule has 0 aliphatic rings. The lowest BCUT2D eigenvalue weighted by Gasteiger charge is -2.32. The number of aliphatic hydroxyl groups is 1. The summed E-state index contributed by atoms with van der Waals surface area (Å²) in [7, 11) is 0. The zero-order valence-electron chi connectivity index (χ0n) is 19.6. The third-order valence-electron chi connectivity index (χ3n) is 5.67. The van der Waals surface area contributed by atoms with Crippen LogP contribution in [-0.2, 0) is 22.5 Å². The van der Waals surface area contributed by atoms with Crippen molar-refractivity contribution >= 4 is 6.09 Å². The number of nitrogens with zero attached hydrogens (tertiary/aromatic N) is 2. The molecule has 4 N–H and O–H groups in total. The molecule has 1 amide bonds. The fourth-order valence-electron chi connectivity index (χ4n) is 3.42. The molecule has 36 heavy (non-hydrogen) atoms. The van der Waals surface area contributed by atoms with Crippen LogP contribution >= 0.6 is 0 Å². The highest BCUT2D eigenvalue weighted by molar-refractivity contribution is 5.69. The summed E-state index contributed by atoms with van der Waals surface area (Å²) in [5.74, 6) is 0. The Labute approximate surface area is 206 Å². The number of alkyl halides is 3. The van der Waals surface area contributed by atoms with Crippen LogP contribution in [0.5, 0.6) is 0 Å². The maximum atomic E-state index is 13.8. The number of benzene rings is 2. The van der Waals surface area contributed by atoms with Crippen LogP contribution in [0.25, 0.3) is 11.3 Å². The number of halogens is 3. The Balaban J connectivity index is 2.00. The molecule has 3 aromatic rings. The van der Waals surface area contributed by atoms with Crippen molar-refractivity contribution in [2.45, 2.75) is 37.8 Å². The summed E-state index contributed by atoms with van der Waals surface area (Å²) in [5.41, 5.74) is 1.81. The van der Waals surface area contributed by atoms with Crippen molar-refractivity contribution in [2.24, 2.45) is 5.73 Å². The van der Waals surface area contributed by atoms with E-state index in [1.54, 1.807) is 38.1 Å². The van der Waals surface area contributed by atoms with Gasteiger partial charge in [-0.05, 0) is 49.2 Å². The molecule has 0 fully saturated rings. The molecule has 0 radical (unpaired) electrons. The summed E-state index contributed by atoms with van der Waals surface area (Å²) < 4.78 is 46.7. The molecule has 7 nitrogen and oxygen atoms in total. The molecule has 188 valence electrons. The van der Waals surface area contributed by atoms with Crippen LogP contribution < -0.4 is 11.1 Å². The Morgan fingerprint density at radius 3 is 2.31 bits per heavy atom. The maximum absolute atomic E-state index is 13.8. The number of carbonyl (C=O) groups excluding carboxylic acids is 1. The van der Waals surface area contributed by atoms with Crippen molar-refractivity contribution in [3.8, 4) is 17.3 Å². The van der Waals surface area contributed by atoms with E-state index >= 15 is 0 Å². The first-order valence-electron chi connectivity index (χ1n) is 10.9. The van der Waals surface area contributed by atoms with Gasteiger partial charge in [-0.2, -0.15) is 18.4 Å². The second kappa shape index (κ2) is 10.4. The first-order valence-corrected chi connectivity index (χ1v) is 10.9. The quantitative estimate of drug-likeness (QED) is 0.441. The zero-order chi connectivity index (χ0) is 26.6. The highest BCUT2D eigenvalue weighted by Gasteiger charge is 2.55. The third kappa shape index (κ3) is 5.82. The minimum absolute atomic E-state index is 0.00182. The van der Waals surface area contributed by atoms with Gasteiger partial charge in [0.25, 0.3) is 0 Å². The molecular formula is C26H25F3N4O3. The van der Waals surface area contributed by atoms with Crippen molar-refractivity contribution in [3.63, 3.8) is 0 Å². The highest BCUT2D eigenvalue weighted by Crippen LogP contribution is 2.39. The summed E-state index contributed by atoms with van der Waals surface area (Å²) in [6, 6.07) is 19.5. The minimum Gasteiger partial charge on any atom is -0.445 e. The van der Waals surface area contributed by atoms with E-state index in [1.165, 1.54) is 30.3 Å². The summed E-state index contributed by atoms with van der Waals surface area (Å²) in [4.78, 5) is 16.6. The van der Waals surface area contributed by atoms with E-state index in [9.17, 15) is 23.1 Å². The number of hydrogen-bond donors (Lipinski definition) is 3. The van der Waals surface area contributed by atoms with Crippen molar-refractivity contribution < 1.29 is 27.8 Å². The Hall–Kier alpha value is -3.94. The summed E-state index contributed by atoms with van der Waals surface area (Å²) in [5, 5.41) is 22.2. The number of nitrogens with two attached hydrogens (primary N) is 1. The van der Waals surface area contributed by atoms with Crippen molar-refractivity contribution in [3.05, 3.63) is 89.1 Å². The number of aromatic nitrogens is 1. The van der Waals surface area contributed by atoms with Crippen LogP contribution in [0.15, 0.2) is 66.7 Å². The molecule has 0 aliphatic carbocycles. The molecule has 3 rings (SSSR count). The van der Waals surface area contributed by atoms with Crippen molar-refractivity contribution in [1.82, 2.24) is 10.3 Å². The van der Waals surface area contributed by atoms with E-state index in [-0.39, 0.29) is 17.9 Å². The fourth-order valence-corrected chi connectivity index (χ4v) is 3.42. The molecule has 1 aromatic heterocycles. The van der Waals surface area contributed by atoms with Gasteiger partial charge in [-0.25, -0.2) is 9.78 Å². The summed E-state index contributed by atoms with van der Waals surface area (Å²) in [6.45, 7) is 2.00. The molecule has 0 spiro atoms. The second-order valence-electron chi connectivity index (χ2n) is 8.69. The maximum Gasteiger partial charge on any atom is 0.424 e. The van der Waals surface area contributed by atoms with Gasteiger partial charge >= 0.3 is 12.3 Å². The minimum atomic E-state index is -5.11. The molecule has 1 atom stereocenters. The average molecular weight is 499 g/mol. The molecule has 2 aromatic carbocycles. The van der Waals surface area contributed by atoms with Gasteiger partial charge in [-0.15, -0.1) is 0 Å². The van der Waals surface area contributed by atoms with Crippen molar-refractivity contribution in [1.29, 1.82) is 5.26 Å². The molecular weight excluding hydrogens is 473 g/mol. The van der Waals surface area contributed by atoms with Crippen LogP contribution in [-0.4, -0.2) is 28.9 Å².